The first-order chi connectivity index (χ1) is 15.1. The maximum Gasteiger partial charge on any atom is 0.275 e. The number of amides is 1. The number of para-hydroxylation sites is 1. The van der Waals surface area contributed by atoms with Gasteiger partial charge in [-0.2, -0.15) is 5.10 Å². The lowest BCUT2D eigenvalue weighted by atomic mass is 10.2. The van der Waals surface area contributed by atoms with Crippen molar-refractivity contribution in [2.45, 2.75) is 6.61 Å². The molecular formula is C24H20I2N2O3. The molecule has 0 saturated carbocycles. The predicted octanol–water partition coefficient (Wildman–Crippen LogP) is 5.80. The second-order valence-electron chi connectivity index (χ2n) is 6.38. The first kappa shape index (κ1) is 23.3. The lowest BCUT2D eigenvalue weighted by Crippen LogP contribution is -2.18. The Balaban J connectivity index is 1.66. The molecule has 0 heterocycles. The number of rotatable bonds is 9. The first-order valence-corrected chi connectivity index (χ1v) is 11.6. The van der Waals surface area contributed by atoms with Gasteiger partial charge in [0.2, 0.25) is 0 Å². The van der Waals surface area contributed by atoms with E-state index >= 15 is 0 Å². The van der Waals surface area contributed by atoms with Crippen molar-refractivity contribution in [3.05, 3.63) is 103 Å². The molecule has 3 aromatic rings. The van der Waals surface area contributed by atoms with Crippen LogP contribution in [0.15, 0.2) is 84.5 Å². The molecular weight excluding hydrogens is 618 g/mol. The molecule has 0 atom stereocenters. The number of ether oxygens (including phenoxy) is 2. The van der Waals surface area contributed by atoms with Crippen LogP contribution < -0.4 is 14.9 Å². The molecule has 5 nitrogen and oxygen atoms in total. The highest BCUT2D eigenvalue weighted by atomic mass is 127. The summed E-state index contributed by atoms with van der Waals surface area (Å²) < 4.78 is 13.4. The zero-order valence-electron chi connectivity index (χ0n) is 16.6. The zero-order chi connectivity index (χ0) is 22.1. The topological polar surface area (TPSA) is 59.9 Å². The summed E-state index contributed by atoms with van der Waals surface area (Å²) in [7, 11) is 0. The van der Waals surface area contributed by atoms with Crippen molar-refractivity contribution in [2.75, 3.05) is 6.61 Å². The van der Waals surface area contributed by atoms with E-state index in [4.69, 9.17) is 9.47 Å². The van der Waals surface area contributed by atoms with Crippen molar-refractivity contribution in [2.24, 2.45) is 5.10 Å². The van der Waals surface area contributed by atoms with Crippen LogP contribution in [-0.4, -0.2) is 18.7 Å². The highest BCUT2D eigenvalue weighted by Crippen LogP contribution is 2.28. The van der Waals surface area contributed by atoms with E-state index in [1.54, 1.807) is 30.5 Å². The molecule has 1 amide bonds. The largest absolute Gasteiger partial charge is 0.488 e. The maximum atomic E-state index is 12.6. The predicted molar refractivity (Wildman–Crippen MR) is 140 cm³/mol. The Morgan fingerprint density at radius 3 is 2.39 bits per heavy atom. The van der Waals surface area contributed by atoms with Gasteiger partial charge in [-0.1, -0.05) is 55.1 Å². The van der Waals surface area contributed by atoms with Crippen molar-refractivity contribution in [1.82, 2.24) is 5.43 Å². The summed E-state index contributed by atoms with van der Waals surface area (Å²) in [6.07, 6.45) is 3.31. The van der Waals surface area contributed by atoms with Crippen molar-refractivity contribution < 1.29 is 14.3 Å². The summed E-state index contributed by atoms with van der Waals surface area (Å²) in [6.45, 7) is 4.49. The van der Waals surface area contributed by atoms with Crippen molar-refractivity contribution in [3.8, 4) is 11.5 Å². The van der Waals surface area contributed by atoms with Crippen LogP contribution in [0.4, 0.5) is 0 Å². The normalized spacial score (nSPS) is 10.6. The molecule has 0 unspecified atom stereocenters. The molecule has 0 aliphatic rings. The van der Waals surface area contributed by atoms with Crippen LogP contribution in [0.5, 0.6) is 11.5 Å². The van der Waals surface area contributed by atoms with E-state index in [0.29, 0.717) is 24.5 Å². The molecule has 0 radical (unpaired) electrons. The van der Waals surface area contributed by atoms with E-state index in [1.165, 1.54) is 0 Å². The molecule has 0 spiro atoms. The van der Waals surface area contributed by atoms with E-state index in [-0.39, 0.29) is 5.91 Å². The molecule has 31 heavy (non-hydrogen) atoms. The minimum atomic E-state index is -0.338. The second kappa shape index (κ2) is 11.8. The highest BCUT2D eigenvalue weighted by Gasteiger charge is 2.12. The summed E-state index contributed by atoms with van der Waals surface area (Å²) in [5.74, 6) is 0.980. The third-order valence-electron chi connectivity index (χ3n) is 4.11. The molecule has 0 aliphatic heterocycles. The summed E-state index contributed by atoms with van der Waals surface area (Å²) in [6, 6.07) is 20.8. The number of halogens is 2. The molecule has 0 bridgehead atoms. The molecule has 0 aromatic heterocycles. The number of hydrogen-bond acceptors (Lipinski definition) is 4. The summed E-state index contributed by atoms with van der Waals surface area (Å²) >= 11 is 4.43. The quantitative estimate of drug-likeness (QED) is 0.140. The van der Waals surface area contributed by atoms with Gasteiger partial charge in [0.1, 0.15) is 24.7 Å². The van der Waals surface area contributed by atoms with Crippen LogP contribution in [-0.2, 0) is 6.61 Å². The highest BCUT2D eigenvalue weighted by molar-refractivity contribution is 14.1. The van der Waals surface area contributed by atoms with E-state index in [1.807, 2.05) is 48.5 Å². The summed E-state index contributed by atoms with van der Waals surface area (Å²) in [5.41, 5.74) is 4.88. The van der Waals surface area contributed by atoms with Crippen LogP contribution in [0.2, 0.25) is 0 Å². The maximum absolute atomic E-state index is 12.6. The van der Waals surface area contributed by atoms with Gasteiger partial charge in [-0.25, -0.2) is 5.43 Å². The Morgan fingerprint density at radius 2 is 1.68 bits per heavy atom. The number of nitrogens with one attached hydrogen (secondary N) is 1. The molecule has 7 heteroatoms. The first-order valence-electron chi connectivity index (χ1n) is 9.40. The van der Waals surface area contributed by atoms with Crippen LogP contribution in [0.25, 0.3) is 0 Å². The third-order valence-corrected chi connectivity index (χ3v) is 5.72. The monoisotopic (exact) mass is 638 g/mol. The molecule has 0 aliphatic carbocycles. The molecule has 1 N–H and O–H groups in total. The van der Waals surface area contributed by atoms with Crippen molar-refractivity contribution in [1.29, 1.82) is 0 Å². The lowest BCUT2D eigenvalue weighted by molar-refractivity contribution is 0.0950. The van der Waals surface area contributed by atoms with Gasteiger partial charge in [-0.15, -0.1) is 0 Å². The van der Waals surface area contributed by atoms with E-state index in [0.717, 1.165) is 24.0 Å². The van der Waals surface area contributed by atoms with Crippen LogP contribution >= 0.6 is 45.2 Å². The van der Waals surface area contributed by atoms with E-state index in [2.05, 4.69) is 62.3 Å². The number of hydrazone groups is 1. The van der Waals surface area contributed by atoms with Gasteiger partial charge in [0.25, 0.3) is 5.91 Å². The van der Waals surface area contributed by atoms with Crippen LogP contribution in [0.1, 0.15) is 21.5 Å². The fraction of sp³-hybridized carbons (Fsp3) is 0.0833. The Labute approximate surface area is 208 Å². The number of benzene rings is 3. The van der Waals surface area contributed by atoms with Gasteiger partial charge in [0.15, 0.2) is 0 Å². The number of carbonyl (C=O) groups excluding carboxylic acids is 1. The number of hydrogen-bond donors (Lipinski definition) is 1. The zero-order valence-corrected chi connectivity index (χ0v) is 20.9. The minimum Gasteiger partial charge on any atom is -0.488 e. The summed E-state index contributed by atoms with van der Waals surface area (Å²) in [5, 5.41) is 4.11. The van der Waals surface area contributed by atoms with Gasteiger partial charge in [-0.05, 0) is 80.6 Å². The van der Waals surface area contributed by atoms with E-state index in [9.17, 15) is 4.79 Å². The number of carbonyl (C=O) groups is 1. The van der Waals surface area contributed by atoms with Crippen LogP contribution in [0, 0.1) is 7.14 Å². The van der Waals surface area contributed by atoms with Gasteiger partial charge >= 0.3 is 0 Å². The van der Waals surface area contributed by atoms with Crippen molar-refractivity contribution >= 4 is 57.3 Å². The Kier molecular flexibility index (Phi) is 8.89. The summed E-state index contributed by atoms with van der Waals surface area (Å²) in [4.78, 5) is 12.6. The Hall–Kier alpha value is -2.40. The van der Waals surface area contributed by atoms with E-state index < -0.39 is 0 Å². The lowest BCUT2D eigenvalue weighted by Gasteiger charge is -2.11. The second-order valence-corrected chi connectivity index (χ2v) is 8.71. The average Bonchev–Trinajstić information content (AvgIpc) is 2.78. The minimum absolute atomic E-state index is 0.338. The standard InChI is InChI=1S/C24H20I2N2O3/c1-2-12-30-23-20(25)13-18(14-21(23)26)15-27-28-24(29)19-10-6-7-11-22(19)31-16-17-8-4-3-5-9-17/h2-11,13-15H,1,12,16H2,(H,28,29)/b27-15+. The van der Waals surface area contributed by atoms with Crippen molar-refractivity contribution in [3.63, 3.8) is 0 Å². The Bertz CT molecular complexity index is 1060. The van der Waals surface area contributed by atoms with Gasteiger partial charge in [0.05, 0.1) is 18.9 Å². The van der Waals surface area contributed by atoms with Gasteiger partial charge in [0, 0.05) is 0 Å². The third kappa shape index (κ3) is 6.79. The molecule has 3 rings (SSSR count). The number of nitrogens with zero attached hydrogens (tertiary/aromatic N) is 1. The van der Waals surface area contributed by atoms with Crippen LogP contribution in [0.3, 0.4) is 0 Å². The molecule has 0 saturated heterocycles. The molecule has 158 valence electrons. The molecule has 3 aromatic carbocycles. The smallest absolute Gasteiger partial charge is 0.275 e. The molecule has 0 fully saturated rings. The fourth-order valence-corrected chi connectivity index (χ4v) is 4.80. The van der Waals surface area contributed by atoms with Gasteiger partial charge < -0.3 is 9.47 Å². The SMILES string of the molecule is C=CCOc1c(I)cc(/C=N/NC(=O)c2ccccc2OCc2ccccc2)cc1I. The average molecular weight is 638 g/mol. The Morgan fingerprint density at radius 1 is 1.00 bits per heavy atom. The fourth-order valence-electron chi connectivity index (χ4n) is 2.68. The van der Waals surface area contributed by atoms with Gasteiger partial charge in [-0.3, -0.25) is 4.79 Å².